The lowest BCUT2D eigenvalue weighted by molar-refractivity contribution is 0.0950. The average molecular weight is 216 g/mol. The Hall–Kier alpha value is -1.82. The van der Waals surface area contributed by atoms with E-state index in [0.717, 1.165) is 12.0 Å². The zero-order chi connectivity index (χ0) is 12.0. The van der Waals surface area contributed by atoms with Gasteiger partial charge in [0.15, 0.2) is 0 Å². The second-order valence-electron chi connectivity index (χ2n) is 3.75. The van der Waals surface area contributed by atoms with Gasteiger partial charge in [0.1, 0.15) is 0 Å². The first-order valence-electron chi connectivity index (χ1n) is 5.44. The van der Waals surface area contributed by atoms with Gasteiger partial charge in [-0.15, -0.1) is 0 Å². The van der Waals surface area contributed by atoms with Crippen LogP contribution in [0.25, 0.3) is 0 Å². The highest BCUT2D eigenvalue weighted by Crippen LogP contribution is 2.09. The maximum atomic E-state index is 11.8. The maximum Gasteiger partial charge on any atom is 0.251 e. The predicted molar refractivity (Wildman–Crippen MR) is 62.9 cm³/mol. The van der Waals surface area contributed by atoms with E-state index in [2.05, 4.69) is 11.4 Å². The monoisotopic (exact) mass is 216 g/mol. The summed E-state index contributed by atoms with van der Waals surface area (Å²) in [5, 5.41) is 11.4. The van der Waals surface area contributed by atoms with Gasteiger partial charge in [-0.05, 0) is 25.0 Å². The highest BCUT2D eigenvalue weighted by atomic mass is 16.1. The highest BCUT2D eigenvalue weighted by Gasteiger charge is 2.10. The molecule has 16 heavy (non-hydrogen) atoms. The summed E-state index contributed by atoms with van der Waals surface area (Å²) in [4.78, 5) is 11.8. The van der Waals surface area contributed by atoms with Crippen molar-refractivity contribution in [3.63, 3.8) is 0 Å². The van der Waals surface area contributed by atoms with E-state index in [-0.39, 0.29) is 11.8 Å². The summed E-state index contributed by atoms with van der Waals surface area (Å²) in [6.07, 6.45) is 0.831. The normalized spacial score (nSPS) is 11.6. The van der Waals surface area contributed by atoms with Crippen molar-refractivity contribution in [3.8, 4) is 6.07 Å². The first-order chi connectivity index (χ1) is 7.69. The molecule has 0 aliphatic carbocycles. The third kappa shape index (κ3) is 3.09. The number of carbonyl (C=O) groups is 1. The van der Waals surface area contributed by atoms with E-state index in [0.29, 0.717) is 12.1 Å². The van der Waals surface area contributed by atoms with Crippen molar-refractivity contribution in [3.05, 3.63) is 35.4 Å². The summed E-state index contributed by atoms with van der Waals surface area (Å²) in [5.41, 5.74) is 1.74. The molecule has 0 aromatic heterocycles. The first kappa shape index (κ1) is 12.3. The third-order valence-electron chi connectivity index (χ3n) is 2.43. The minimum Gasteiger partial charge on any atom is -0.351 e. The molecular weight excluding hydrogens is 200 g/mol. The minimum atomic E-state index is -0.155. The Labute approximate surface area is 96.1 Å². The number of hydrogen-bond donors (Lipinski definition) is 1. The molecule has 0 saturated heterocycles. The van der Waals surface area contributed by atoms with Crippen molar-refractivity contribution in [2.24, 2.45) is 5.92 Å². The topological polar surface area (TPSA) is 52.9 Å². The van der Waals surface area contributed by atoms with E-state index in [1.807, 2.05) is 31.2 Å². The molecule has 1 aromatic rings. The van der Waals surface area contributed by atoms with Gasteiger partial charge in [-0.25, -0.2) is 0 Å². The SMILES string of the molecule is CCc1ccccc1C(=O)NCC(C)C#N. The molecule has 0 saturated carbocycles. The van der Waals surface area contributed by atoms with Crippen LogP contribution in [0.4, 0.5) is 0 Å². The van der Waals surface area contributed by atoms with Crippen LogP contribution in [0.1, 0.15) is 29.8 Å². The number of benzene rings is 1. The summed E-state index contributed by atoms with van der Waals surface area (Å²) in [6, 6.07) is 9.62. The average Bonchev–Trinajstić information content (AvgIpc) is 2.35. The van der Waals surface area contributed by atoms with Crippen LogP contribution in [0.2, 0.25) is 0 Å². The highest BCUT2D eigenvalue weighted by molar-refractivity contribution is 5.95. The molecule has 0 aliphatic rings. The van der Waals surface area contributed by atoms with E-state index < -0.39 is 0 Å². The quantitative estimate of drug-likeness (QED) is 0.838. The van der Waals surface area contributed by atoms with Gasteiger partial charge in [-0.1, -0.05) is 25.1 Å². The van der Waals surface area contributed by atoms with Gasteiger partial charge in [-0.2, -0.15) is 5.26 Å². The predicted octanol–water partition coefficient (Wildman–Crippen LogP) is 2.14. The van der Waals surface area contributed by atoms with Crippen LogP contribution in [0.3, 0.4) is 0 Å². The molecule has 3 heteroatoms. The van der Waals surface area contributed by atoms with Crippen molar-refractivity contribution in [2.75, 3.05) is 6.54 Å². The lowest BCUT2D eigenvalue weighted by Crippen LogP contribution is -2.28. The van der Waals surface area contributed by atoms with Gasteiger partial charge in [0.25, 0.3) is 5.91 Å². The fourth-order valence-electron chi connectivity index (χ4n) is 1.44. The molecule has 1 atom stereocenters. The van der Waals surface area contributed by atoms with E-state index in [1.54, 1.807) is 6.92 Å². The molecule has 0 spiro atoms. The summed E-state index contributed by atoms with van der Waals surface area (Å²) >= 11 is 0. The molecule has 3 nitrogen and oxygen atoms in total. The zero-order valence-electron chi connectivity index (χ0n) is 9.66. The number of nitriles is 1. The smallest absolute Gasteiger partial charge is 0.251 e. The second kappa shape index (κ2) is 5.92. The molecule has 1 amide bonds. The summed E-state index contributed by atoms with van der Waals surface area (Å²) in [7, 11) is 0. The number of hydrogen-bond acceptors (Lipinski definition) is 2. The van der Waals surface area contributed by atoms with Crippen LogP contribution in [-0.4, -0.2) is 12.5 Å². The van der Waals surface area contributed by atoms with Gasteiger partial charge in [0.2, 0.25) is 0 Å². The van der Waals surface area contributed by atoms with Gasteiger partial charge >= 0.3 is 0 Å². The fourth-order valence-corrected chi connectivity index (χ4v) is 1.44. The summed E-state index contributed by atoms with van der Waals surface area (Å²) in [5.74, 6) is -0.253. The molecule has 0 fully saturated rings. The van der Waals surface area contributed by atoms with Crippen LogP contribution in [-0.2, 0) is 6.42 Å². The van der Waals surface area contributed by atoms with Gasteiger partial charge in [0.05, 0.1) is 12.0 Å². The fraction of sp³-hybridized carbons (Fsp3) is 0.385. The molecule has 84 valence electrons. The number of nitrogens with one attached hydrogen (secondary N) is 1. The van der Waals surface area contributed by atoms with Crippen LogP contribution in [0.15, 0.2) is 24.3 Å². The van der Waals surface area contributed by atoms with Gasteiger partial charge in [0, 0.05) is 12.1 Å². The van der Waals surface area contributed by atoms with E-state index in [9.17, 15) is 4.79 Å². The van der Waals surface area contributed by atoms with Gasteiger partial charge < -0.3 is 5.32 Å². The van der Waals surface area contributed by atoms with E-state index >= 15 is 0 Å². The molecule has 1 unspecified atom stereocenters. The Morgan fingerprint density at radius 3 is 2.81 bits per heavy atom. The number of carbonyl (C=O) groups excluding carboxylic acids is 1. The maximum absolute atomic E-state index is 11.8. The lowest BCUT2D eigenvalue weighted by atomic mass is 10.0. The number of aryl methyl sites for hydroxylation is 1. The van der Waals surface area contributed by atoms with Crippen molar-refractivity contribution >= 4 is 5.91 Å². The summed E-state index contributed by atoms with van der Waals surface area (Å²) < 4.78 is 0. The Balaban J connectivity index is 2.70. The molecule has 0 bridgehead atoms. The van der Waals surface area contributed by atoms with Crippen LogP contribution >= 0.6 is 0 Å². The van der Waals surface area contributed by atoms with E-state index in [1.165, 1.54) is 0 Å². The van der Waals surface area contributed by atoms with Crippen LogP contribution < -0.4 is 5.32 Å². The lowest BCUT2D eigenvalue weighted by Gasteiger charge is -2.09. The summed E-state index contributed by atoms with van der Waals surface area (Å²) in [6.45, 7) is 4.20. The molecule has 1 aromatic carbocycles. The second-order valence-corrected chi connectivity index (χ2v) is 3.75. The molecule has 0 radical (unpaired) electrons. The Morgan fingerprint density at radius 2 is 2.19 bits per heavy atom. The molecular formula is C13H16N2O. The standard InChI is InChI=1S/C13H16N2O/c1-3-11-6-4-5-7-12(11)13(16)15-9-10(2)8-14/h4-7,10H,3,9H2,1-2H3,(H,15,16). The van der Waals surface area contributed by atoms with Crippen molar-refractivity contribution < 1.29 is 4.79 Å². The number of nitrogens with zero attached hydrogens (tertiary/aromatic N) is 1. The van der Waals surface area contributed by atoms with Crippen molar-refractivity contribution in [1.29, 1.82) is 5.26 Å². The van der Waals surface area contributed by atoms with E-state index in [4.69, 9.17) is 5.26 Å². The molecule has 1 N–H and O–H groups in total. The number of amides is 1. The zero-order valence-corrected chi connectivity index (χ0v) is 9.66. The molecule has 0 aliphatic heterocycles. The van der Waals surface area contributed by atoms with Crippen molar-refractivity contribution in [1.82, 2.24) is 5.32 Å². The third-order valence-corrected chi connectivity index (χ3v) is 2.43. The Bertz CT molecular complexity index is 407. The van der Waals surface area contributed by atoms with Crippen molar-refractivity contribution in [2.45, 2.75) is 20.3 Å². The van der Waals surface area contributed by atoms with Gasteiger partial charge in [-0.3, -0.25) is 4.79 Å². The molecule has 1 rings (SSSR count). The molecule has 0 heterocycles. The number of rotatable bonds is 4. The first-order valence-corrected chi connectivity index (χ1v) is 5.44. The minimum absolute atomic E-state index is 0.0976. The Kier molecular flexibility index (Phi) is 4.53. The Morgan fingerprint density at radius 1 is 1.50 bits per heavy atom. The largest absolute Gasteiger partial charge is 0.351 e. The van der Waals surface area contributed by atoms with Crippen LogP contribution in [0, 0.1) is 17.2 Å². The van der Waals surface area contributed by atoms with Crippen LogP contribution in [0.5, 0.6) is 0 Å².